The first kappa shape index (κ1) is 12.6. The van der Waals surface area contributed by atoms with Gasteiger partial charge in [-0.15, -0.1) is 0 Å². The van der Waals surface area contributed by atoms with Crippen molar-refractivity contribution in [3.63, 3.8) is 0 Å². The first-order valence-electron chi connectivity index (χ1n) is 7.15. The van der Waals surface area contributed by atoms with Gasteiger partial charge in [0.1, 0.15) is 12.2 Å². The molecule has 0 saturated carbocycles. The summed E-state index contributed by atoms with van der Waals surface area (Å²) < 4.78 is 0. The average molecular weight is 276 g/mol. The van der Waals surface area contributed by atoms with E-state index in [0.717, 1.165) is 27.3 Å². The number of hydrogen-bond acceptors (Lipinski definition) is 2. The van der Waals surface area contributed by atoms with Crippen molar-refractivity contribution in [2.75, 3.05) is 0 Å². The third-order valence-electron chi connectivity index (χ3n) is 4.40. The van der Waals surface area contributed by atoms with E-state index < -0.39 is 12.2 Å². The third kappa shape index (κ3) is 1.80. The highest BCUT2D eigenvalue weighted by atomic mass is 16.3. The quantitative estimate of drug-likeness (QED) is 0.614. The predicted octanol–water partition coefficient (Wildman–Crippen LogP) is 3.72. The van der Waals surface area contributed by atoms with Crippen molar-refractivity contribution in [2.45, 2.75) is 19.1 Å². The highest BCUT2D eigenvalue weighted by Crippen LogP contribution is 2.36. The number of benzene rings is 3. The van der Waals surface area contributed by atoms with Crippen molar-refractivity contribution in [3.8, 4) is 0 Å². The summed E-state index contributed by atoms with van der Waals surface area (Å²) in [5, 5.41) is 24.8. The van der Waals surface area contributed by atoms with Gasteiger partial charge in [-0.05, 0) is 57.3 Å². The molecule has 0 unspecified atom stereocenters. The molecule has 2 heteroatoms. The molecule has 2 nitrogen and oxygen atoms in total. The second kappa shape index (κ2) is 4.42. The van der Waals surface area contributed by atoms with Gasteiger partial charge in [0.2, 0.25) is 0 Å². The summed E-state index contributed by atoms with van der Waals surface area (Å²) in [7, 11) is 0. The van der Waals surface area contributed by atoms with Gasteiger partial charge in [0.15, 0.2) is 0 Å². The van der Waals surface area contributed by atoms with E-state index in [1.165, 1.54) is 10.9 Å². The van der Waals surface area contributed by atoms with Crippen LogP contribution in [0.25, 0.3) is 27.6 Å². The molecule has 0 amide bonds. The Morgan fingerprint density at radius 1 is 0.905 bits per heavy atom. The fraction of sp³-hybridized carbons (Fsp3) is 0.158. The van der Waals surface area contributed by atoms with Crippen LogP contribution in [0.4, 0.5) is 0 Å². The van der Waals surface area contributed by atoms with E-state index in [0.29, 0.717) is 0 Å². The summed E-state index contributed by atoms with van der Waals surface area (Å²) in [5.74, 6) is 0. The molecular weight excluding hydrogens is 260 g/mol. The van der Waals surface area contributed by atoms with Crippen LogP contribution in [-0.4, -0.2) is 16.3 Å². The van der Waals surface area contributed by atoms with Gasteiger partial charge < -0.3 is 10.2 Å². The number of aryl methyl sites for hydroxylation is 1. The Bertz CT molecular complexity index is 893. The number of fused-ring (bicyclic) bond motifs is 4. The lowest BCUT2D eigenvalue weighted by Crippen LogP contribution is -2.19. The van der Waals surface area contributed by atoms with Crippen molar-refractivity contribution in [2.24, 2.45) is 0 Å². The van der Waals surface area contributed by atoms with E-state index in [4.69, 9.17) is 0 Å². The van der Waals surface area contributed by atoms with Gasteiger partial charge in [0, 0.05) is 0 Å². The molecule has 104 valence electrons. The summed E-state index contributed by atoms with van der Waals surface area (Å²) in [6, 6.07) is 14.6. The van der Waals surface area contributed by atoms with Gasteiger partial charge in [-0.25, -0.2) is 0 Å². The van der Waals surface area contributed by atoms with Gasteiger partial charge in [0.25, 0.3) is 0 Å². The fourth-order valence-electron chi connectivity index (χ4n) is 3.25. The maximum absolute atomic E-state index is 10.4. The molecule has 0 aromatic heterocycles. The lowest BCUT2D eigenvalue weighted by atomic mass is 9.87. The van der Waals surface area contributed by atoms with Crippen LogP contribution in [0.3, 0.4) is 0 Å². The molecule has 0 saturated heterocycles. The smallest absolute Gasteiger partial charge is 0.110 e. The molecular formula is C19H16O2. The monoisotopic (exact) mass is 276 g/mol. The molecule has 1 aliphatic rings. The predicted molar refractivity (Wildman–Crippen MR) is 86.2 cm³/mol. The van der Waals surface area contributed by atoms with Crippen LogP contribution in [0.1, 0.15) is 22.8 Å². The highest BCUT2D eigenvalue weighted by molar-refractivity contribution is 6.02. The maximum atomic E-state index is 10.4. The van der Waals surface area contributed by atoms with Gasteiger partial charge in [-0.2, -0.15) is 0 Å². The maximum Gasteiger partial charge on any atom is 0.110 e. The van der Waals surface area contributed by atoms with Crippen molar-refractivity contribution in [1.82, 2.24) is 0 Å². The lowest BCUT2D eigenvalue weighted by molar-refractivity contribution is 0.0480. The number of aliphatic hydroxyl groups excluding tert-OH is 2. The van der Waals surface area contributed by atoms with E-state index in [2.05, 4.69) is 37.3 Å². The summed E-state index contributed by atoms with van der Waals surface area (Å²) in [6.45, 7) is 2.11. The van der Waals surface area contributed by atoms with Gasteiger partial charge in [0.05, 0.1) is 0 Å². The van der Waals surface area contributed by atoms with Crippen molar-refractivity contribution in [1.29, 1.82) is 0 Å². The normalized spacial score (nSPS) is 20.9. The van der Waals surface area contributed by atoms with Crippen LogP contribution < -0.4 is 0 Å². The van der Waals surface area contributed by atoms with Crippen LogP contribution in [0.15, 0.2) is 48.5 Å². The summed E-state index contributed by atoms with van der Waals surface area (Å²) >= 11 is 0. The Labute approximate surface area is 123 Å². The van der Waals surface area contributed by atoms with Gasteiger partial charge >= 0.3 is 0 Å². The molecule has 3 aromatic carbocycles. The van der Waals surface area contributed by atoms with Crippen molar-refractivity contribution < 1.29 is 10.2 Å². The molecule has 2 atom stereocenters. The zero-order valence-electron chi connectivity index (χ0n) is 11.7. The largest absolute Gasteiger partial charge is 0.386 e. The Morgan fingerprint density at radius 3 is 2.52 bits per heavy atom. The number of aliphatic hydroxyl groups is 2. The molecule has 4 rings (SSSR count). The van der Waals surface area contributed by atoms with Crippen molar-refractivity contribution >= 4 is 27.6 Å². The molecule has 2 N–H and O–H groups in total. The molecule has 0 spiro atoms. The zero-order chi connectivity index (χ0) is 14.6. The molecule has 0 aliphatic heterocycles. The molecule has 0 heterocycles. The fourth-order valence-corrected chi connectivity index (χ4v) is 3.25. The Morgan fingerprint density at radius 2 is 1.67 bits per heavy atom. The van der Waals surface area contributed by atoms with Crippen LogP contribution >= 0.6 is 0 Å². The lowest BCUT2D eigenvalue weighted by Gasteiger charge is -2.24. The highest BCUT2D eigenvalue weighted by Gasteiger charge is 2.24. The summed E-state index contributed by atoms with van der Waals surface area (Å²) in [6.07, 6.45) is 1.82. The van der Waals surface area contributed by atoms with Crippen LogP contribution in [0.5, 0.6) is 0 Å². The SMILES string of the molecule is Cc1cccc2cc3c4c(ccc3cc12)C=C[C@H](O)[C@H]4O. The topological polar surface area (TPSA) is 40.5 Å². The number of rotatable bonds is 0. The Kier molecular flexibility index (Phi) is 2.64. The Balaban J connectivity index is 2.13. The van der Waals surface area contributed by atoms with Crippen molar-refractivity contribution in [3.05, 3.63) is 65.2 Å². The molecule has 0 bridgehead atoms. The summed E-state index contributed by atoms with van der Waals surface area (Å²) in [5.41, 5.74) is 3.05. The second-order valence-corrected chi connectivity index (χ2v) is 5.73. The van der Waals surface area contributed by atoms with E-state index in [1.54, 1.807) is 6.08 Å². The molecule has 0 radical (unpaired) electrons. The zero-order valence-corrected chi connectivity index (χ0v) is 11.7. The minimum absolute atomic E-state index is 0.825. The van der Waals surface area contributed by atoms with Gasteiger partial charge in [-0.1, -0.05) is 42.5 Å². The molecule has 1 aliphatic carbocycles. The molecule has 3 aromatic rings. The van der Waals surface area contributed by atoms with E-state index >= 15 is 0 Å². The molecule has 0 fully saturated rings. The van der Waals surface area contributed by atoms with E-state index in [9.17, 15) is 10.2 Å². The second-order valence-electron chi connectivity index (χ2n) is 5.73. The van der Waals surface area contributed by atoms with Crippen LogP contribution in [0, 0.1) is 6.92 Å². The third-order valence-corrected chi connectivity index (χ3v) is 4.40. The van der Waals surface area contributed by atoms with Crippen LogP contribution in [-0.2, 0) is 0 Å². The first-order chi connectivity index (χ1) is 10.1. The minimum Gasteiger partial charge on any atom is -0.386 e. The number of hydrogen-bond donors (Lipinski definition) is 2. The summed E-state index contributed by atoms with van der Waals surface area (Å²) in [4.78, 5) is 0. The minimum atomic E-state index is -0.865. The average Bonchev–Trinajstić information content (AvgIpc) is 2.49. The van der Waals surface area contributed by atoms with E-state index in [1.807, 2.05) is 18.2 Å². The first-order valence-corrected chi connectivity index (χ1v) is 7.15. The van der Waals surface area contributed by atoms with Gasteiger partial charge in [-0.3, -0.25) is 0 Å². The Hall–Kier alpha value is -2.16. The molecule has 21 heavy (non-hydrogen) atoms. The standard InChI is InChI=1S/C19H16O2/c1-11-3-2-4-13-10-16-14(9-15(11)13)6-5-12-7-8-17(20)19(21)18(12)16/h2-10,17,19-21H,1H3/t17-,19+/m0/s1. The van der Waals surface area contributed by atoms with Crippen LogP contribution in [0.2, 0.25) is 0 Å². The van der Waals surface area contributed by atoms with E-state index in [-0.39, 0.29) is 0 Å².